The molecular weight excluding hydrogens is 438 g/mol. The molecule has 0 radical (unpaired) electrons. The normalized spacial score (nSPS) is 20.9. The Morgan fingerprint density at radius 1 is 0.971 bits per heavy atom. The average molecular weight is 490 g/mol. The van der Waals surface area contributed by atoms with E-state index in [-0.39, 0.29) is 24.0 Å². The van der Waals surface area contributed by atoms with Gasteiger partial charge in [-0.15, -0.1) is 0 Å². The van der Waals surface area contributed by atoms with E-state index in [9.17, 15) is 9.59 Å². The van der Waals surface area contributed by atoms with Crippen molar-refractivity contribution in [3.8, 4) is 0 Å². The minimum Gasteiger partial charge on any atom is -0.439 e. The fraction of sp³-hybridized carbons (Fsp3) is 0.733. The Balaban J connectivity index is 0.000000471. The van der Waals surface area contributed by atoms with Crippen LogP contribution in [0.3, 0.4) is 0 Å². The molecule has 1 aliphatic rings. The molecule has 1 saturated heterocycles. The number of cyclic esters (lactones) is 1. The molecule has 5 nitrogen and oxygen atoms in total. The van der Waals surface area contributed by atoms with Gasteiger partial charge in [-0.3, -0.25) is 4.79 Å². The lowest BCUT2D eigenvalue weighted by Gasteiger charge is -2.25. The quantitative estimate of drug-likeness (QED) is 0.307. The Morgan fingerprint density at radius 2 is 1.54 bits per heavy atom. The van der Waals surface area contributed by atoms with Crippen molar-refractivity contribution < 1.29 is 19.4 Å². The molecule has 0 saturated carbocycles. The molecule has 0 spiro atoms. The molecule has 5 heteroatoms. The molecule has 2 rings (SSSR count). The van der Waals surface area contributed by atoms with E-state index in [0.717, 1.165) is 43.6 Å². The summed E-state index contributed by atoms with van der Waals surface area (Å²) in [5.41, 5.74) is 0.932. The van der Waals surface area contributed by atoms with E-state index in [1.54, 1.807) is 0 Å². The number of nitrogens with zero attached hydrogens (tertiary/aromatic N) is 1. The van der Waals surface area contributed by atoms with Gasteiger partial charge in [0, 0.05) is 12.5 Å². The highest BCUT2D eigenvalue weighted by Crippen LogP contribution is 2.34. The number of ether oxygens (including phenoxy) is 1. The molecule has 0 bridgehead atoms. The molecule has 0 aromatic heterocycles. The van der Waals surface area contributed by atoms with Crippen molar-refractivity contribution >= 4 is 12.0 Å². The molecular formula is C30H51NO4. The van der Waals surface area contributed by atoms with Crippen molar-refractivity contribution in [2.45, 2.75) is 112 Å². The van der Waals surface area contributed by atoms with Gasteiger partial charge in [-0.25, -0.2) is 9.69 Å². The van der Waals surface area contributed by atoms with Crippen molar-refractivity contribution in [1.29, 1.82) is 0 Å². The predicted molar refractivity (Wildman–Crippen MR) is 144 cm³/mol. The van der Waals surface area contributed by atoms with Gasteiger partial charge < -0.3 is 9.84 Å². The van der Waals surface area contributed by atoms with Crippen LogP contribution >= 0.6 is 0 Å². The summed E-state index contributed by atoms with van der Waals surface area (Å²) in [7, 11) is 0. The van der Waals surface area contributed by atoms with Crippen molar-refractivity contribution in [2.75, 3.05) is 6.61 Å². The van der Waals surface area contributed by atoms with Crippen LogP contribution in [0.5, 0.6) is 0 Å². The van der Waals surface area contributed by atoms with Gasteiger partial charge in [0.1, 0.15) is 6.10 Å². The van der Waals surface area contributed by atoms with Crippen LogP contribution in [0.15, 0.2) is 30.3 Å². The minimum absolute atomic E-state index is 0.0867. The summed E-state index contributed by atoms with van der Waals surface area (Å²) in [6, 6.07) is 9.36. The van der Waals surface area contributed by atoms with Crippen molar-refractivity contribution in [3.05, 3.63) is 35.9 Å². The highest BCUT2D eigenvalue weighted by Gasteiger charge is 2.44. The standard InChI is InChI=1S/C20H29NO3.C10H22O/c1-5-10-14(3)13-16(6-2)19(22)21-15(4)18(24-20(21)23)17-11-8-7-9-12-17;1-4-6-9(3)7-10(5-2)8-11/h7-9,11-12,14-16,18H,5-6,10,13H2,1-4H3;9-11H,4-8H2,1-3H3/t14-,15+,16+,18+;9-,10+/m00/s1. The zero-order valence-electron chi connectivity index (χ0n) is 23.3. The maximum atomic E-state index is 12.9. The molecule has 1 aromatic carbocycles. The highest BCUT2D eigenvalue weighted by atomic mass is 16.6. The van der Waals surface area contributed by atoms with E-state index in [1.807, 2.05) is 44.2 Å². The molecule has 2 amide bonds. The third-order valence-electron chi connectivity index (χ3n) is 7.30. The summed E-state index contributed by atoms with van der Waals surface area (Å²) in [6.45, 7) is 15.3. The first kappa shape index (κ1) is 31.2. The number of rotatable bonds is 13. The predicted octanol–water partition coefficient (Wildman–Crippen LogP) is 7.78. The van der Waals surface area contributed by atoms with Gasteiger partial charge in [0.15, 0.2) is 0 Å². The van der Waals surface area contributed by atoms with E-state index >= 15 is 0 Å². The number of benzene rings is 1. The number of amides is 2. The van der Waals surface area contributed by atoms with E-state index in [4.69, 9.17) is 9.84 Å². The SMILES string of the molecule is CCC[C@H](C)C[C@@H](CC)C(=O)N1C(=O)O[C@@H](c2ccccc2)[C@H]1C.CCC[C@H](C)C[C@@H](CC)CO. The van der Waals surface area contributed by atoms with Gasteiger partial charge in [-0.1, -0.05) is 104 Å². The molecule has 1 aromatic rings. The van der Waals surface area contributed by atoms with Gasteiger partial charge in [-0.2, -0.15) is 0 Å². The fourth-order valence-corrected chi connectivity index (χ4v) is 5.13. The summed E-state index contributed by atoms with van der Waals surface area (Å²) in [4.78, 5) is 26.6. The Labute approximate surface area is 214 Å². The largest absolute Gasteiger partial charge is 0.439 e. The monoisotopic (exact) mass is 489 g/mol. The van der Waals surface area contributed by atoms with Crippen molar-refractivity contribution in [1.82, 2.24) is 4.90 Å². The molecule has 6 atom stereocenters. The van der Waals surface area contributed by atoms with Gasteiger partial charge in [0.2, 0.25) is 5.91 Å². The van der Waals surface area contributed by atoms with Crippen LogP contribution in [0, 0.1) is 23.7 Å². The van der Waals surface area contributed by atoms with Crippen LogP contribution in [0.4, 0.5) is 4.79 Å². The fourth-order valence-electron chi connectivity index (χ4n) is 5.13. The first-order valence-electron chi connectivity index (χ1n) is 13.9. The van der Waals surface area contributed by atoms with E-state index in [2.05, 4.69) is 34.6 Å². The number of hydrogen-bond acceptors (Lipinski definition) is 4. The average Bonchev–Trinajstić information content (AvgIpc) is 3.15. The van der Waals surface area contributed by atoms with Crippen LogP contribution in [0.2, 0.25) is 0 Å². The summed E-state index contributed by atoms with van der Waals surface area (Å²) in [5.74, 6) is 1.61. The van der Waals surface area contributed by atoms with E-state index in [0.29, 0.717) is 18.4 Å². The van der Waals surface area contributed by atoms with Crippen LogP contribution in [-0.4, -0.2) is 34.7 Å². The number of carbonyl (C=O) groups is 2. The minimum atomic E-state index is -0.511. The molecule has 1 fully saturated rings. The van der Waals surface area contributed by atoms with Crippen LogP contribution < -0.4 is 0 Å². The molecule has 35 heavy (non-hydrogen) atoms. The van der Waals surface area contributed by atoms with Gasteiger partial charge in [0.25, 0.3) is 0 Å². The first-order chi connectivity index (χ1) is 16.7. The lowest BCUT2D eigenvalue weighted by atomic mass is 9.89. The number of aliphatic hydroxyl groups is 1. The molecule has 1 aliphatic heterocycles. The van der Waals surface area contributed by atoms with Gasteiger partial charge >= 0.3 is 6.09 Å². The zero-order chi connectivity index (χ0) is 26.4. The third kappa shape index (κ3) is 9.95. The van der Waals surface area contributed by atoms with Gasteiger partial charge in [-0.05, 0) is 49.5 Å². The Hall–Kier alpha value is -1.88. The zero-order valence-corrected chi connectivity index (χ0v) is 23.3. The lowest BCUT2D eigenvalue weighted by molar-refractivity contribution is -0.134. The second kappa shape index (κ2) is 16.7. The Morgan fingerprint density at radius 3 is 2.03 bits per heavy atom. The molecule has 0 unspecified atom stereocenters. The molecule has 1 heterocycles. The summed E-state index contributed by atoms with van der Waals surface area (Å²) >= 11 is 0. The summed E-state index contributed by atoms with van der Waals surface area (Å²) < 4.78 is 5.51. The smallest absolute Gasteiger partial charge is 0.417 e. The molecule has 1 N–H and O–H groups in total. The summed E-state index contributed by atoms with van der Waals surface area (Å²) in [6.07, 6.45) is 7.79. The van der Waals surface area contributed by atoms with Crippen LogP contribution in [-0.2, 0) is 9.53 Å². The number of imide groups is 1. The number of hydrogen-bond donors (Lipinski definition) is 1. The Kier molecular flexibility index (Phi) is 14.9. The molecule has 200 valence electrons. The second-order valence-electron chi connectivity index (χ2n) is 10.5. The van der Waals surface area contributed by atoms with Crippen LogP contribution in [0.1, 0.15) is 112 Å². The maximum absolute atomic E-state index is 12.9. The van der Waals surface area contributed by atoms with Gasteiger partial charge in [0.05, 0.1) is 6.04 Å². The highest BCUT2D eigenvalue weighted by molar-refractivity contribution is 5.95. The first-order valence-corrected chi connectivity index (χ1v) is 13.9. The third-order valence-corrected chi connectivity index (χ3v) is 7.30. The second-order valence-corrected chi connectivity index (χ2v) is 10.5. The Bertz CT molecular complexity index is 718. The summed E-state index contributed by atoms with van der Waals surface area (Å²) in [5, 5.41) is 8.94. The lowest BCUT2D eigenvalue weighted by Crippen LogP contribution is -2.42. The van der Waals surface area contributed by atoms with Crippen molar-refractivity contribution in [2.24, 2.45) is 23.7 Å². The number of aliphatic hydroxyl groups excluding tert-OH is 1. The van der Waals surface area contributed by atoms with Crippen molar-refractivity contribution in [3.63, 3.8) is 0 Å². The van der Waals surface area contributed by atoms with E-state index in [1.165, 1.54) is 24.2 Å². The number of carbonyl (C=O) groups excluding carboxylic acids is 2. The van der Waals surface area contributed by atoms with Crippen LogP contribution in [0.25, 0.3) is 0 Å². The van der Waals surface area contributed by atoms with E-state index < -0.39 is 6.09 Å². The molecule has 0 aliphatic carbocycles. The maximum Gasteiger partial charge on any atom is 0.417 e. The topological polar surface area (TPSA) is 66.8 Å².